The predicted molar refractivity (Wildman–Crippen MR) is 59.3 cm³/mol. The first-order valence-electron chi connectivity index (χ1n) is 5.18. The fourth-order valence-corrected chi connectivity index (χ4v) is 1.37. The van der Waals surface area contributed by atoms with Crippen LogP contribution in [0.3, 0.4) is 0 Å². The number of aliphatic carboxylic acids is 1. The highest BCUT2D eigenvalue weighted by atomic mass is 35.5. The van der Waals surface area contributed by atoms with Crippen LogP contribution in [0.25, 0.3) is 0 Å². The molecule has 0 aliphatic heterocycles. The zero-order chi connectivity index (χ0) is 11.7. The molecule has 4 nitrogen and oxygen atoms in total. The summed E-state index contributed by atoms with van der Waals surface area (Å²) in [7, 11) is 0. The summed E-state index contributed by atoms with van der Waals surface area (Å²) in [5, 5.41) is 11.4. The van der Waals surface area contributed by atoms with Crippen LogP contribution in [0.15, 0.2) is 0 Å². The number of carboxylic acids is 1. The van der Waals surface area contributed by atoms with Gasteiger partial charge in [0.15, 0.2) is 11.8 Å². The number of carboxylic acid groups (broad SMARTS) is 1. The molecule has 0 fully saturated rings. The lowest BCUT2D eigenvalue weighted by molar-refractivity contribution is -0.142. The Morgan fingerprint density at radius 2 is 2.00 bits per heavy atom. The first-order valence-corrected chi connectivity index (χ1v) is 5.71. The van der Waals surface area contributed by atoms with E-state index in [1.54, 1.807) is 0 Å². The van der Waals surface area contributed by atoms with Gasteiger partial charge >= 0.3 is 5.97 Å². The fraction of sp³-hybridized carbons (Fsp3) is 0.800. The van der Waals surface area contributed by atoms with E-state index in [9.17, 15) is 9.59 Å². The van der Waals surface area contributed by atoms with Crippen molar-refractivity contribution in [2.45, 2.75) is 38.6 Å². The van der Waals surface area contributed by atoms with Crippen molar-refractivity contribution in [1.82, 2.24) is 5.32 Å². The Hall–Kier alpha value is -0.610. The van der Waals surface area contributed by atoms with Crippen molar-refractivity contribution in [3.05, 3.63) is 0 Å². The van der Waals surface area contributed by atoms with Crippen molar-refractivity contribution in [2.75, 3.05) is 12.4 Å². The molecule has 0 saturated carbocycles. The summed E-state index contributed by atoms with van der Waals surface area (Å²) >= 11 is 5.30. The molecule has 0 aromatic heterocycles. The molecule has 0 radical (unpaired) electrons. The van der Waals surface area contributed by atoms with Gasteiger partial charge in [0, 0.05) is 0 Å². The zero-order valence-electron chi connectivity index (χ0n) is 8.96. The fourth-order valence-electron chi connectivity index (χ4n) is 1.21. The molecule has 88 valence electrons. The van der Waals surface area contributed by atoms with Crippen LogP contribution in [-0.2, 0) is 9.59 Å². The Morgan fingerprint density at radius 1 is 1.33 bits per heavy atom. The average Bonchev–Trinajstić information content (AvgIpc) is 2.22. The molecule has 0 aliphatic carbocycles. The van der Waals surface area contributed by atoms with Crippen molar-refractivity contribution in [3.8, 4) is 0 Å². The summed E-state index contributed by atoms with van der Waals surface area (Å²) in [6.45, 7) is 2.64. The third-order valence-electron chi connectivity index (χ3n) is 2.08. The lowest BCUT2D eigenvalue weighted by Crippen LogP contribution is -2.44. The Bertz CT molecular complexity index is 209. The molecule has 5 heteroatoms. The Kier molecular flexibility index (Phi) is 8.33. The van der Waals surface area contributed by atoms with Crippen LogP contribution in [0.4, 0.5) is 0 Å². The van der Waals surface area contributed by atoms with E-state index in [2.05, 4.69) is 12.2 Å². The first kappa shape index (κ1) is 14.4. The van der Waals surface area contributed by atoms with Gasteiger partial charge in [-0.05, 0) is 13.0 Å². The van der Waals surface area contributed by atoms with E-state index in [1.165, 1.54) is 0 Å². The van der Waals surface area contributed by atoms with E-state index in [-0.39, 0.29) is 5.88 Å². The van der Waals surface area contributed by atoms with Gasteiger partial charge in [0.2, 0.25) is 0 Å². The highest BCUT2D eigenvalue weighted by Gasteiger charge is 2.23. The predicted octanol–water partition coefficient (Wildman–Crippen LogP) is 1.42. The van der Waals surface area contributed by atoms with E-state index < -0.39 is 17.8 Å². The van der Waals surface area contributed by atoms with Crippen LogP contribution in [0, 0.1) is 0 Å². The number of rotatable bonds is 9. The van der Waals surface area contributed by atoms with E-state index in [4.69, 9.17) is 16.7 Å². The van der Waals surface area contributed by atoms with Crippen molar-refractivity contribution >= 4 is 23.4 Å². The lowest BCUT2D eigenvalue weighted by atomic mass is 10.1. The van der Waals surface area contributed by atoms with Crippen LogP contribution < -0.4 is 5.32 Å². The number of carbonyl (C=O) groups excluding carboxylic acids is 1. The van der Waals surface area contributed by atoms with Crippen LogP contribution in [0.1, 0.15) is 32.6 Å². The topological polar surface area (TPSA) is 66.4 Å². The number of carbonyl (C=O) groups is 2. The van der Waals surface area contributed by atoms with Crippen molar-refractivity contribution < 1.29 is 14.7 Å². The molecule has 1 atom stereocenters. The van der Waals surface area contributed by atoms with Gasteiger partial charge in [-0.15, -0.1) is 11.6 Å². The molecule has 0 amide bonds. The van der Waals surface area contributed by atoms with E-state index in [0.29, 0.717) is 6.54 Å². The van der Waals surface area contributed by atoms with Crippen molar-refractivity contribution in [3.63, 3.8) is 0 Å². The maximum absolute atomic E-state index is 11.1. The number of halogens is 1. The lowest BCUT2D eigenvalue weighted by Gasteiger charge is -2.11. The Morgan fingerprint density at radius 3 is 2.47 bits per heavy atom. The number of unbranched alkanes of at least 4 members (excludes halogenated alkanes) is 3. The van der Waals surface area contributed by atoms with Gasteiger partial charge in [-0.1, -0.05) is 26.2 Å². The third kappa shape index (κ3) is 6.47. The normalized spacial score (nSPS) is 12.4. The van der Waals surface area contributed by atoms with Gasteiger partial charge in [-0.25, -0.2) is 0 Å². The molecule has 1 unspecified atom stereocenters. The zero-order valence-corrected chi connectivity index (χ0v) is 9.72. The smallest absolute Gasteiger partial charge is 0.328 e. The molecular formula is C10H18ClNO3. The summed E-state index contributed by atoms with van der Waals surface area (Å²) in [4.78, 5) is 21.8. The minimum absolute atomic E-state index is 0.265. The molecule has 0 aliphatic rings. The number of Topliss-reactive ketones (excluding diaryl/α,β-unsaturated/α-hetero) is 1. The molecule has 0 aromatic carbocycles. The standard InChI is InChI=1S/C10H18ClNO3/c1-2-3-4-5-6-12-9(10(14)15)8(13)7-11/h9,12H,2-7H2,1H3,(H,14,15). The maximum Gasteiger partial charge on any atom is 0.328 e. The summed E-state index contributed by atoms with van der Waals surface area (Å²) < 4.78 is 0. The summed E-state index contributed by atoms with van der Waals surface area (Å²) in [5.41, 5.74) is 0. The summed E-state index contributed by atoms with van der Waals surface area (Å²) in [5.74, 6) is -1.91. The Balaban J connectivity index is 3.77. The molecular weight excluding hydrogens is 218 g/mol. The third-order valence-corrected chi connectivity index (χ3v) is 2.34. The average molecular weight is 236 g/mol. The molecule has 0 aromatic rings. The monoisotopic (exact) mass is 235 g/mol. The molecule has 0 spiro atoms. The molecule has 0 rings (SSSR count). The minimum Gasteiger partial charge on any atom is -0.480 e. The second-order valence-electron chi connectivity index (χ2n) is 3.39. The van der Waals surface area contributed by atoms with Gasteiger partial charge in [0.05, 0.1) is 5.88 Å². The second kappa shape index (κ2) is 8.68. The van der Waals surface area contributed by atoms with Crippen LogP contribution in [0.2, 0.25) is 0 Å². The van der Waals surface area contributed by atoms with Crippen LogP contribution in [0.5, 0.6) is 0 Å². The van der Waals surface area contributed by atoms with E-state index in [0.717, 1.165) is 25.7 Å². The molecule has 0 heterocycles. The molecule has 0 bridgehead atoms. The second-order valence-corrected chi connectivity index (χ2v) is 3.65. The number of alkyl halides is 1. The molecule has 0 saturated heterocycles. The van der Waals surface area contributed by atoms with Gasteiger partial charge in [0.1, 0.15) is 0 Å². The van der Waals surface area contributed by atoms with E-state index >= 15 is 0 Å². The van der Waals surface area contributed by atoms with Gasteiger partial charge in [-0.2, -0.15) is 0 Å². The summed E-state index contributed by atoms with van der Waals surface area (Å²) in [6, 6.07) is -1.15. The van der Waals surface area contributed by atoms with Gasteiger partial charge < -0.3 is 5.11 Å². The largest absolute Gasteiger partial charge is 0.480 e. The molecule has 2 N–H and O–H groups in total. The van der Waals surface area contributed by atoms with Crippen molar-refractivity contribution in [1.29, 1.82) is 0 Å². The highest BCUT2D eigenvalue weighted by molar-refractivity contribution is 6.30. The van der Waals surface area contributed by atoms with Gasteiger partial charge in [-0.3, -0.25) is 14.9 Å². The quantitative estimate of drug-likeness (QED) is 0.360. The SMILES string of the molecule is CCCCCCNC(C(=O)O)C(=O)CCl. The maximum atomic E-state index is 11.1. The number of ketones is 1. The highest BCUT2D eigenvalue weighted by Crippen LogP contribution is 1.98. The van der Waals surface area contributed by atoms with E-state index in [1.807, 2.05) is 0 Å². The summed E-state index contributed by atoms with van der Waals surface area (Å²) in [6.07, 6.45) is 4.18. The van der Waals surface area contributed by atoms with Crippen LogP contribution >= 0.6 is 11.6 Å². The first-order chi connectivity index (χ1) is 7.13. The van der Waals surface area contributed by atoms with Crippen molar-refractivity contribution in [2.24, 2.45) is 0 Å². The Labute approximate surface area is 95.0 Å². The van der Waals surface area contributed by atoms with Gasteiger partial charge in [0.25, 0.3) is 0 Å². The number of nitrogens with one attached hydrogen (secondary N) is 1. The van der Waals surface area contributed by atoms with Crippen LogP contribution in [-0.4, -0.2) is 35.3 Å². The number of hydrogen-bond acceptors (Lipinski definition) is 3. The number of hydrogen-bond donors (Lipinski definition) is 2. The molecule has 15 heavy (non-hydrogen) atoms. The minimum atomic E-state index is -1.16.